The Morgan fingerprint density at radius 1 is 0.758 bits per heavy atom. The van der Waals surface area contributed by atoms with E-state index < -0.39 is 12.1 Å². The fraction of sp³-hybridized carbons (Fsp3) is 0.923. The highest BCUT2D eigenvalue weighted by atomic mass is 16.8. The molecule has 3 rings (SSSR count). The first-order valence-electron chi connectivity index (χ1n) is 13.0. The van der Waals surface area contributed by atoms with Crippen LogP contribution in [0.1, 0.15) is 85.0 Å². The van der Waals surface area contributed by atoms with Gasteiger partial charge in [0.2, 0.25) is 0 Å². The molecular weight excluding hydrogens is 424 g/mol. The molecule has 0 spiro atoms. The highest BCUT2D eigenvalue weighted by Crippen LogP contribution is 2.40. The second kappa shape index (κ2) is 14.6. The van der Waals surface area contributed by atoms with Crippen LogP contribution in [0.5, 0.6) is 0 Å². The van der Waals surface area contributed by atoms with Crippen LogP contribution >= 0.6 is 0 Å². The van der Waals surface area contributed by atoms with Gasteiger partial charge in [-0.1, -0.05) is 76.6 Å². The molecule has 33 heavy (non-hydrogen) atoms. The molecule has 0 aromatic carbocycles. The second-order valence-electron chi connectivity index (χ2n) is 9.63. The molecule has 0 bridgehead atoms. The van der Waals surface area contributed by atoms with E-state index in [1.807, 2.05) is 13.8 Å². The Balaban J connectivity index is 1.17. The van der Waals surface area contributed by atoms with Gasteiger partial charge in [-0.05, 0) is 20.3 Å². The average Bonchev–Trinajstić information content (AvgIpc) is 3.39. The summed E-state index contributed by atoms with van der Waals surface area (Å²) >= 11 is 0. The molecule has 0 radical (unpaired) electrons. The molecule has 0 aromatic rings. The van der Waals surface area contributed by atoms with Crippen LogP contribution in [0.15, 0.2) is 0 Å². The highest BCUT2D eigenvalue weighted by molar-refractivity contribution is 5.00. The van der Waals surface area contributed by atoms with Crippen LogP contribution < -0.4 is 0 Å². The van der Waals surface area contributed by atoms with E-state index in [9.17, 15) is 0 Å². The number of hydrogen-bond acceptors (Lipinski definition) is 7. The van der Waals surface area contributed by atoms with Gasteiger partial charge in [0.05, 0.1) is 6.61 Å². The molecule has 0 unspecified atom stereocenters. The van der Waals surface area contributed by atoms with Crippen molar-refractivity contribution in [2.45, 2.75) is 121 Å². The van der Waals surface area contributed by atoms with Crippen molar-refractivity contribution >= 4 is 0 Å². The lowest BCUT2D eigenvalue weighted by Crippen LogP contribution is -2.56. The molecule has 0 aromatic heterocycles. The van der Waals surface area contributed by atoms with Crippen molar-refractivity contribution in [2.75, 3.05) is 33.2 Å². The third kappa shape index (κ3) is 9.10. The normalized spacial score (nSPS) is 30.0. The number of fused-ring (bicyclic) bond motifs is 3. The van der Waals surface area contributed by atoms with Gasteiger partial charge in [-0.2, -0.15) is 0 Å². The summed E-state index contributed by atoms with van der Waals surface area (Å²) in [5.41, 5.74) is 0. The van der Waals surface area contributed by atoms with Crippen molar-refractivity contribution in [1.29, 1.82) is 0 Å². The molecule has 0 amide bonds. The summed E-state index contributed by atoms with van der Waals surface area (Å²) in [4.78, 5) is 0. The standard InChI is InChI=1S/C26H44O7/c1-4-5-6-7-8-9-10-11-12-13-16-27-17-14-15-18-28-19-21-22-23(30-20-29-22)24-25(31-21)33-26(2,3)32-24/h21-25H,4-13,16-20H2,1-3H3/t21-,22+,23+,24-,25-/m1/s1. The van der Waals surface area contributed by atoms with Gasteiger partial charge < -0.3 is 33.2 Å². The molecule has 0 N–H and O–H groups in total. The second-order valence-corrected chi connectivity index (χ2v) is 9.63. The number of ether oxygens (including phenoxy) is 7. The Morgan fingerprint density at radius 2 is 1.39 bits per heavy atom. The maximum absolute atomic E-state index is 6.04. The molecule has 3 aliphatic heterocycles. The number of hydrogen-bond donors (Lipinski definition) is 0. The van der Waals surface area contributed by atoms with Gasteiger partial charge in [0.1, 0.15) is 44.4 Å². The lowest BCUT2D eigenvalue weighted by Gasteiger charge is -2.37. The summed E-state index contributed by atoms with van der Waals surface area (Å²) in [5.74, 6) is 5.32. The zero-order valence-electron chi connectivity index (χ0n) is 20.9. The lowest BCUT2D eigenvalue weighted by molar-refractivity contribution is -0.240. The van der Waals surface area contributed by atoms with Crippen LogP contribution in [0.25, 0.3) is 0 Å². The third-order valence-electron chi connectivity index (χ3n) is 6.33. The van der Waals surface area contributed by atoms with E-state index in [0.29, 0.717) is 19.8 Å². The molecule has 0 aliphatic carbocycles. The zero-order valence-corrected chi connectivity index (χ0v) is 20.9. The van der Waals surface area contributed by atoms with Gasteiger partial charge in [-0.25, -0.2) is 0 Å². The van der Waals surface area contributed by atoms with Crippen molar-refractivity contribution in [2.24, 2.45) is 0 Å². The molecule has 0 saturated carbocycles. The van der Waals surface area contributed by atoms with Crippen LogP contribution in [0, 0.1) is 11.8 Å². The minimum absolute atomic E-state index is 0.204. The maximum Gasteiger partial charge on any atom is 0.190 e. The number of unbranched alkanes of at least 4 members (excludes halogenated alkanes) is 9. The molecule has 3 fully saturated rings. The molecule has 3 heterocycles. The fourth-order valence-electron chi connectivity index (χ4n) is 4.60. The largest absolute Gasteiger partial charge is 0.369 e. The van der Waals surface area contributed by atoms with E-state index in [0.717, 1.165) is 13.0 Å². The molecule has 5 atom stereocenters. The minimum Gasteiger partial charge on any atom is -0.369 e. The first-order chi connectivity index (χ1) is 16.1. The van der Waals surface area contributed by atoms with Crippen LogP contribution in [0.4, 0.5) is 0 Å². The Kier molecular flexibility index (Phi) is 11.9. The predicted molar refractivity (Wildman–Crippen MR) is 125 cm³/mol. The summed E-state index contributed by atoms with van der Waals surface area (Å²) in [6.45, 7) is 8.18. The van der Waals surface area contributed by atoms with Crippen LogP contribution in [-0.2, 0) is 33.2 Å². The van der Waals surface area contributed by atoms with Crippen molar-refractivity contribution in [1.82, 2.24) is 0 Å². The van der Waals surface area contributed by atoms with Crippen LogP contribution in [0.2, 0.25) is 0 Å². The summed E-state index contributed by atoms with van der Waals surface area (Å²) < 4.78 is 40.6. The van der Waals surface area contributed by atoms with E-state index in [-0.39, 0.29) is 31.2 Å². The molecule has 190 valence electrons. The molecule has 3 saturated heterocycles. The van der Waals surface area contributed by atoms with Gasteiger partial charge >= 0.3 is 0 Å². The smallest absolute Gasteiger partial charge is 0.190 e. The van der Waals surface area contributed by atoms with Gasteiger partial charge in [0, 0.05) is 6.61 Å². The van der Waals surface area contributed by atoms with Crippen molar-refractivity contribution in [3.63, 3.8) is 0 Å². The lowest BCUT2D eigenvalue weighted by atomic mass is 9.99. The SMILES string of the molecule is CCCCCCCCCCCCOCC#CCOC[C@H]1O[C@@H]2OC(C)(C)O[C@@H]2[C@H]2OCO[C@H]21. The third-order valence-corrected chi connectivity index (χ3v) is 6.33. The highest BCUT2D eigenvalue weighted by Gasteiger charge is 2.57. The minimum atomic E-state index is -0.694. The van der Waals surface area contributed by atoms with Gasteiger partial charge in [-0.15, -0.1) is 0 Å². The summed E-state index contributed by atoms with van der Waals surface area (Å²) in [7, 11) is 0. The van der Waals surface area contributed by atoms with Crippen molar-refractivity contribution in [3.8, 4) is 11.8 Å². The summed E-state index contributed by atoms with van der Waals surface area (Å²) in [6, 6.07) is 0. The van der Waals surface area contributed by atoms with Gasteiger partial charge in [-0.3, -0.25) is 0 Å². The molecule has 3 aliphatic rings. The Morgan fingerprint density at radius 3 is 2.12 bits per heavy atom. The Labute approximate surface area is 200 Å². The monoisotopic (exact) mass is 468 g/mol. The van der Waals surface area contributed by atoms with Gasteiger partial charge in [0.15, 0.2) is 12.1 Å². The molecule has 7 heteroatoms. The van der Waals surface area contributed by atoms with Gasteiger partial charge in [0.25, 0.3) is 0 Å². The maximum atomic E-state index is 6.04. The first kappa shape index (κ1) is 26.9. The summed E-state index contributed by atoms with van der Waals surface area (Å²) in [6.07, 6.45) is 11.9. The first-order valence-corrected chi connectivity index (χ1v) is 13.0. The Bertz CT molecular complexity index is 599. The van der Waals surface area contributed by atoms with E-state index in [4.69, 9.17) is 33.2 Å². The van der Waals surface area contributed by atoms with Crippen molar-refractivity contribution in [3.05, 3.63) is 0 Å². The Hall–Kier alpha value is -0.720. The predicted octanol–water partition coefficient (Wildman–Crippen LogP) is 4.56. The van der Waals surface area contributed by atoms with Crippen LogP contribution in [0.3, 0.4) is 0 Å². The molecule has 7 nitrogen and oxygen atoms in total. The van der Waals surface area contributed by atoms with E-state index in [2.05, 4.69) is 18.8 Å². The number of rotatable bonds is 15. The topological polar surface area (TPSA) is 64.6 Å². The van der Waals surface area contributed by atoms with Crippen LogP contribution in [-0.4, -0.2) is 69.7 Å². The van der Waals surface area contributed by atoms with E-state index >= 15 is 0 Å². The summed E-state index contributed by atoms with van der Waals surface area (Å²) in [5, 5.41) is 0. The van der Waals surface area contributed by atoms with Crippen molar-refractivity contribution < 1.29 is 33.2 Å². The fourth-order valence-corrected chi connectivity index (χ4v) is 4.60. The zero-order chi connectivity index (χ0) is 23.4. The quantitative estimate of drug-likeness (QED) is 0.258. The molecular formula is C26H44O7. The average molecular weight is 469 g/mol. The van der Waals surface area contributed by atoms with E-state index in [1.165, 1.54) is 57.8 Å². The van der Waals surface area contributed by atoms with E-state index in [1.54, 1.807) is 0 Å².